The van der Waals surface area contributed by atoms with Crippen molar-refractivity contribution in [1.82, 2.24) is 4.72 Å². The molecule has 21 heavy (non-hydrogen) atoms. The number of alkyl halides is 4. The third kappa shape index (κ3) is 5.31. The second-order valence-electron chi connectivity index (χ2n) is 4.14. The van der Waals surface area contributed by atoms with Gasteiger partial charge in [-0.05, 0) is 17.7 Å². The van der Waals surface area contributed by atoms with Crippen LogP contribution in [0.5, 0.6) is 0 Å². The molecule has 1 aromatic rings. The molecule has 0 spiro atoms. The van der Waals surface area contributed by atoms with Gasteiger partial charge >= 0.3 is 18.3 Å². The average Bonchev–Trinajstić information content (AvgIpc) is 2.37. The van der Waals surface area contributed by atoms with Crippen molar-refractivity contribution in [2.75, 3.05) is 6.54 Å². The number of hydrogen-bond acceptors (Lipinski definition) is 3. The molecule has 0 fully saturated rings. The molecule has 0 heterocycles. The molecule has 0 radical (unpaired) electrons. The maximum absolute atomic E-state index is 12.6. The van der Waals surface area contributed by atoms with E-state index in [1.807, 2.05) is 0 Å². The quantitative estimate of drug-likeness (QED) is 0.746. The van der Waals surface area contributed by atoms with E-state index < -0.39 is 40.6 Å². The van der Waals surface area contributed by atoms with E-state index in [0.717, 1.165) is 12.1 Å². The highest BCUT2D eigenvalue weighted by atomic mass is 32.2. The first-order valence-corrected chi connectivity index (χ1v) is 7.14. The first-order chi connectivity index (χ1) is 9.53. The monoisotopic (exact) mass is 329 g/mol. The van der Waals surface area contributed by atoms with Crippen LogP contribution in [0.15, 0.2) is 24.3 Å². The second kappa shape index (κ2) is 6.39. The zero-order valence-corrected chi connectivity index (χ0v) is 11.2. The lowest BCUT2D eigenvalue weighted by molar-refractivity contribution is -0.122. The molecule has 0 aliphatic heterocycles. The highest BCUT2D eigenvalue weighted by molar-refractivity contribution is 7.88. The molecule has 0 atom stereocenters. The van der Waals surface area contributed by atoms with Crippen LogP contribution in [0.2, 0.25) is 0 Å². The summed E-state index contributed by atoms with van der Waals surface area (Å²) in [5.74, 6) is -6.40. The Morgan fingerprint density at radius 1 is 1.24 bits per heavy atom. The molecule has 1 aromatic carbocycles. The fraction of sp³-hybridized carbons (Fsp3) is 0.364. The highest BCUT2D eigenvalue weighted by Crippen LogP contribution is 2.22. The van der Waals surface area contributed by atoms with Gasteiger partial charge in [-0.2, -0.15) is 8.78 Å². The summed E-state index contributed by atoms with van der Waals surface area (Å²) in [6.45, 7) is -1.71. The van der Waals surface area contributed by atoms with Gasteiger partial charge in [0.15, 0.2) is 0 Å². The minimum absolute atomic E-state index is 0.0756. The first-order valence-electron chi connectivity index (χ1n) is 5.49. The highest BCUT2D eigenvalue weighted by Gasteiger charge is 2.41. The molecule has 0 saturated heterocycles. The number of carboxylic acid groups (broad SMARTS) is 1. The van der Waals surface area contributed by atoms with Crippen molar-refractivity contribution in [3.63, 3.8) is 0 Å². The predicted octanol–water partition coefficient (Wildman–Crippen LogP) is 1.70. The number of aromatic carboxylic acids is 1. The Morgan fingerprint density at radius 2 is 1.76 bits per heavy atom. The van der Waals surface area contributed by atoms with Crippen LogP contribution < -0.4 is 4.72 Å². The Kier molecular flexibility index (Phi) is 5.29. The van der Waals surface area contributed by atoms with Gasteiger partial charge in [0.2, 0.25) is 10.0 Å². The van der Waals surface area contributed by atoms with Crippen LogP contribution in [0.1, 0.15) is 15.9 Å². The average molecular weight is 329 g/mol. The van der Waals surface area contributed by atoms with Gasteiger partial charge < -0.3 is 5.11 Å². The first kappa shape index (κ1) is 17.4. The van der Waals surface area contributed by atoms with E-state index in [2.05, 4.69) is 0 Å². The summed E-state index contributed by atoms with van der Waals surface area (Å²) in [6.07, 6.45) is -3.98. The van der Waals surface area contributed by atoms with Gasteiger partial charge in [0.25, 0.3) is 0 Å². The second-order valence-corrected chi connectivity index (χ2v) is 5.95. The number of carboxylic acids is 1. The van der Waals surface area contributed by atoms with Crippen molar-refractivity contribution in [2.24, 2.45) is 0 Å². The Hall–Kier alpha value is -1.68. The largest absolute Gasteiger partial charge is 0.478 e. The summed E-state index contributed by atoms with van der Waals surface area (Å²) in [7, 11) is -4.25. The Balaban J connectivity index is 2.70. The van der Waals surface area contributed by atoms with Crippen molar-refractivity contribution in [3.05, 3.63) is 35.4 Å². The molecule has 0 unspecified atom stereocenters. The normalized spacial score (nSPS) is 12.6. The van der Waals surface area contributed by atoms with E-state index in [-0.39, 0.29) is 11.1 Å². The number of halogens is 4. The molecule has 0 bridgehead atoms. The van der Waals surface area contributed by atoms with Crippen molar-refractivity contribution >= 4 is 16.0 Å². The molecule has 10 heteroatoms. The van der Waals surface area contributed by atoms with E-state index in [1.54, 1.807) is 0 Å². The minimum atomic E-state index is -4.46. The number of nitrogens with one attached hydrogen (secondary N) is 1. The third-order valence-corrected chi connectivity index (χ3v) is 3.70. The van der Waals surface area contributed by atoms with Crippen molar-refractivity contribution in [2.45, 2.75) is 18.1 Å². The molecule has 0 saturated carbocycles. The van der Waals surface area contributed by atoms with Gasteiger partial charge in [-0.25, -0.2) is 26.7 Å². The molecule has 2 N–H and O–H groups in total. The molecule has 0 aliphatic carbocycles. The zero-order chi connectivity index (χ0) is 16.3. The van der Waals surface area contributed by atoms with E-state index in [4.69, 9.17) is 5.11 Å². The maximum Gasteiger partial charge on any atom is 0.335 e. The molecule has 0 aromatic heterocycles. The van der Waals surface area contributed by atoms with E-state index in [1.165, 1.54) is 16.9 Å². The lowest BCUT2D eigenvalue weighted by atomic mass is 10.1. The van der Waals surface area contributed by atoms with Crippen molar-refractivity contribution < 1.29 is 35.9 Å². The number of sulfonamides is 1. The number of rotatable bonds is 7. The molecular weight excluding hydrogens is 318 g/mol. The topological polar surface area (TPSA) is 83.5 Å². The summed E-state index contributed by atoms with van der Waals surface area (Å²) in [5, 5.41) is 8.65. The van der Waals surface area contributed by atoms with Gasteiger partial charge in [-0.1, -0.05) is 12.1 Å². The van der Waals surface area contributed by atoms with Crippen LogP contribution in [0.4, 0.5) is 17.6 Å². The molecule has 118 valence electrons. The van der Waals surface area contributed by atoms with Gasteiger partial charge in [-0.3, -0.25) is 0 Å². The van der Waals surface area contributed by atoms with Crippen LogP contribution in [-0.4, -0.2) is 38.4 Å². The molecule has 0 amide bonds. The fourth-order valence-electron chi connectivity index (χ4n) is 1.30. The van der Waals surface area contributed by atoms with Gasteiger partial charge in [-0.15, -0.1) is 0 Å². The number of carbonyl (C=O) groups is 1. The SMILES string of the molecule is O=C(O)c1ccc(CS(=O)(=O)NCC(F)(F)C(F)F)cc1. The number of benzene rings is 1. The van der Waals surface area contributed by atoms with E-state index in [0.29, 0.717) is 0 Å². The van der Waals surface area contributed by atoms with Crippen LogP contribution in [0, 0.1) is 0 Å². The minimum Gasteiger partial charge on any atom is -0.478 e. The summed E-state index contributed by atoms with van der Waals surface area (Å²) >= 11 is 0. The van der Waals surface area contributed by atoms with Crippen molar-refractivity contribution in [3.8, 4) is 0 Å². The fourth-order valence-corrected chi connectivity index (χ4v) is 2.44. The summed E-state index contributed by atoms with van der Waals surface area (Å²) in [4.78, 5) is 10.6. The number of hydrogen-bond donors (Lipinski definition) is 2. The summed E-state index contributed by atoms with van der Waals surface area (Å²) in [5.41, 5.74) is 0.0567. The third-order valence-electron chi connectivity index (χ3n) is 2.40. The van der Waals surface area contributed by atoms with Gasteiger partial charge in [0.1, 0.15) is 0 Å². The van der Waals surface area contributed by atoms with E-state index in [9.17, 15) is 30.8 Å². The van der Waals surface area contributed by atoms with Gasteiger partial charge in [0.05, 0.1) is 17.9 Å². The lowest BCUT2D eigenvalue weighted by Crippen LogP contribution is -2.41. The maximum atomic E-state index is 12.6. The lowest BCUT2D eigenvalue weighted by Gasteiger charge is -2.15. The van der Waals surface area contributed by atoms with Gasteiger partial charge in [0, 0.05) is 0 Å². The van der Waals surface area contributed by atoms with Crippen LogP contribution >= 0.6 is 0 Å². The Morgan fingerprint density at radius 3 is 2.19 bits per heavy atom. The Labute approximate surface area is 117 Å². The molecule has 5 nitrogen and oxygen atoms in total. The van der Waals surface area contributed by atoms with Crippen LogP contribution in [0.25, 0.3) is 0 Å². The summed E-state index contributed by atoms with van der Waals surface area (Å²) < 4.78 is 73.4. The smallest absolute Gasteiger partial charge is 0.335 e. The van der Waals surface area contributed by atoms with Crippen LogP contribution in [-0.2, 0) is 15.8 Å². The summed E-state index contributed by atoms with van der Waals surface area (Å²) in [6, 6.07) is 4.66. The zero-order valence-electron chi connectivity index (χ0n) is 10.4. The molecular formula is C11H11F4NO4S. The van der Waals surface area contributed by atoms with E-state index >= 15 is 0 Å². The van der Waals surface area contributed by atoms with Crippen molar-refractivity contribution in [1.29, 1.82) is 0 Å². The Bertz CT molecular complexity index is 601. The molecule has 0 aliphatic rings. The standard InChI is InChI=1S/C11H11F4NO4S/c12-10(13)11(14,15)6-16-21(19,20)5-7-1-3-8(4-2-7)9(17)18/h1-4,10,16H,5-6H2,(H,17,18). The molecule has 1 rings (SSSR count). The van der Waals surface area contributed by atoms with Crippen LogP contribution in [0.3, 0.4) is 0 Å². The predicted molar refractivity (Wildman–Crippen MR) is 65.0 cm³/mol.